The van der Waals surface area contributed by atoms with E-state index in [0.29, 0.717) is 43.1 Å². The number of nitrogens with zero attached hydrogens (tertiary/aromatic N) is 2. The summed E-state index contributed by atoms with van der Waals surface area (Å²) in [5.74, 6) is 0.858. The maximum atomic E-state index is 12.7. The molecule has 3 amide bonds. The zero-order valence-electron chi connectivity index (χ0n) is 18.6. The largest absolute Gasteiger partial charge is 0.339 e. The second-order valence-corrected chi connectivity index (χ2v) is 8.97. The van der Waals surface area contributed by atoms with Gasteiger partial charge in [-0.1, -0.05) is 37.3 Å². The Morgan fingerprint density at radius 3 is 1.97 bits per heavy atom. The van der Waals surface area contributed by atoms with Crippen LogP contribution in [-0.2, 0) is 0 Å². The van der Waals surface area contributed by atoms with Crippen LogP contribution in [0.4, 0.5) is 10.5 Å². The minimum atomic E-state index is -0.167. The van der Waals surface area contributed by atoms with E-state index in [9.17, 15) is 14.4 Å². The number of hydrogen-bond donors (Lipinski definition) is 1. The highest BCUT2D eigenvalue weighted by molar-refractivity contribution is 5.98. The highest BCUT2D eigenvalue weighted by Crippen LogP contribution is 2.23. The fraction of sp³-hybridized carbons (Fsp3) is 0.423. The fourth-order valence-corrected chi connectivity index (χ4v) is 4.48. The maximum absolute atomic E-state index is 12.7. The van der Waals surface area contributed by atoms with E-state index in [-0.39, 0.29) is 23.6 Å². The number of urea groups is 1. The quantitative estimate of drug-likeness (QED) is 0.712. The molecule has 0 saturated carbocycles. The van der Waals surface area contributed by atoms with Gasteiger partial charge in [-0.3, -0.25) is 9.59 Å². The third kappa shape index (κ3) is 5.18. The number of piperidine rings is 2. The lowest BCUT2D eigenvalue weighted by atomic mass is 9.89. The van der Waals surface area contributed by atoms with Crippen molar-refractivity contribution in [3.63, 3.8) is 0 Å². The number of nitrogens with one attached hydrogen (secondary N) is 1. The van der Waals surface area contributed by atoms with Gasteiger partial charge in [-0.05, 0) is 55.9 Å². The van der Waals surface area contributed by atoms with Crippen molar-refractivity contribution in [2.75, 3.05) is 31.5 Å². The molecular weight excluding hydrogens is 402 g/mol. The smallest absolute Gasteiger partial charge is 0.321 e. The molecule has 168 valence electrons. The summed E-state index contributed by atoms with van der Waals surface area (Å²) < 4.78 is 0. The zero-order valence-corrected chi connectivity index (χ0v) is 18.6. The van der Waals surface area contributed by atoms with Gasteiger partial charge in [0.25, 0.3) is 5.91 Å². The van der Waals surface area contributed by atoms with Crippen LogP contribution in [0.25, 0.3) is 0 Å². The highest BCUT2D eigenvalue weighted by Gasteiger charge is 2.28. The van der Waals surface area contributed by atoms with Crippen molar-refractivity contribution >= 4 is 23.4 Å². The summed E-state index contributed by atoms with van der Waals surface area (Å²) >= 11 is 0. The fourth-order valence-electron chi connectivity index (χ4n) is 4.48. The molecule has 2 fully saturated rings. The molecule has 0 spiro atoms. The average Bonchev–Trinajstić information content (AvgIpc) is 2.85. The molecule has 2 aliphatic heterocycles. The van der Waals surface area contributed by atoms with Crippen LogP contribution < -0.4 is 5.32 Å². The number of carbonyl (C=O) groups excluding carboxylic acids is 3. The molecule has 2 aromatic rings. The average molecular weight is 434 g/mol. The SMILES string of the molecule is CC1CCN(C(=O)c2ccc(NC(=O)N3CCC(C(=O)c4ccccc4)CC3)cc2)CC1. The Kier molecular flexibility index (Phi) is 6.88. The molecule has 6 heteroatoms. The molecule has 0 unspecified atom stereocenters. The van der Waals surface area contributed by atoms with Gasteiger partial charge in [-0.2, -0.15) is 0 Å². The van der Waals surface area contributed by atoms with Crippen LogP contribution in [0.3, 0.4) is 0 Å². The van der Waals surface area contributed by atoms with Gasteiger partial charge in [0.1, 0.15) is 0 Å². The summed E-state index contributed by atoms with van der Waals surface area (Å²) in [6, 6.07) is 16.3. The van der Waals surface area contributed by atoms with Crippen LogP contribution in [0, 0.1) is 11.8 Å². The van der Waals surface area contributed by atoms with Crippen LogP contribution in [-0.4, -0.2) is 53.7 Å². The second-order valence-electron chi connectivity index (χ2n) is 8.97. The summed E-state index contributed by atoms with van der Waals surface area (Å²) in [5.41, 5.74) is 2.06. The normalized spacial score (nSPS) is 17.8. The van der Waals surface area contributed by atoms with Crippen molar-refractivity contribution in [2.45, 2.75) is 32.6 Å². The Morgan fingerprint density at radius 1 is 0.750 bits per heavy atom. The molecule has 4 rings (SSSR count). The van der Waals surface area contributed by atoms with Crippen molar-refractivity contribution < 1.29 is 14.4 Å². The van der Waals surface area contributed by atoms with Crippen LogP contribution in [0.15, 0.2) is 54.6 Å². The van der Waals surface area contributed by atoms with E-state index in [1.54, 1.807) is 29.2 Å². The standard InChI is InChI=1S/C26H31N3O3/c1-19-11-15-28(16-12-19)25(31)22-7-9-23(10-8-22)27-26(32)29-17-13-21(14-18-29)24(30)20-5-3-2-4-6-20/h2-10,19,21H,11-18H2,1H3,(H,27,32). The van der Waals surface area contributed by atoms with E-state index in [2.05, 4.69) is 12.2 Å². The number of anilines is 1. The highest BCUT2D eigenvalue weighted by atomic mass is 16.2. The maximum Gasteiger partial charge on any atom is 0.321 e. The zero-order chi connectivity index (χ0) is 22.5. The molecule has 1 N–H and O–H groups in total. The molecular formula is C26H31N3O3. The van der Waals surface area contributed by atoms with Gasteiger partial charge in [-0.15, -0.1) is 0 Å². The number of hydrogen-bond acceptors (Lipinski definition) is 3. The number of benzene rings is 2. The second kappa shape index (κ2) is 9.98. The summed E-state index contributed by atoms with van der Waals surface area (Å²) in [5, 5.41) is 2.92. The molecule has 0 bridgehead atoms. The molecule has 2 aliphatic rings. The topological polar surface area (TPSA) is 69.7 Å². The molecule has 32 heavy (non-hydrogen) atoms. The van der Waals surface area contributed by atoms with Gasteiger partial charge in [0.15, 0.2) is 5.78 Å². The Morgan fingerprint density at radius 2 is 1.34 bits per heavy atom. The number of Topliss-reactive ketones (excluding diaryl/α,β-unsaturated/α-hetero) is 1. The number of amides is 3. The van der Waals surface area contributed by atoms with E-state index in [1.165, 1.54) is 0 Å². The Labute approximate surface area is 189 Å². The molecule has 2 saturated heterocycles. The van der Waals surface area contributed by atoms with Crippen molar-refractivity contribution in [1.29, 1.82) is 0 Å². The van der Waals surface area contributed by atoms with Crippen molar-refractivity contribution in [1.82, 2.24) is 9.80 Å². The first-order valence-electron chi connectivity index (χ1n) is 11.6. The van der Waals surface area contributed by atoms with Gasteiger partial charge < -0.3 is 15.1 Å². The number of carbonyl (C=O) groups is 3. The van der Waals surface area contributed by atoms with E-state index < -0.39 is 0 Å². The molecule has 6 nitrogen and oxygen atoms in total. The summed E-state index contributed by atoms with van der Waals surface area (Å²) in [6.07, 6.45) is 3.44. The minimum Gasteiger partial charge on any atom is -0.339 e. The first-order chi connectivity index (χ1) is 15.5. The van der Waals surface area contributed by atoms with Crippen molar-refractivity contribution in [3.8, 4) is 0 Å². The third-order valence-electron chi connectivity index (χ3n) is 6.67. The molecule has 0 aromatic heterocycles. The van der Waals surface area contributed by atoms with Gasteiger partial charge in [0.05, 0.1) is 0 Å². The summed E-state index contributed by atoms with van der Waals surface area (Å²) in [6.45, 7) is 4.95. The summed E-state index contributed by atoms with van der Waals surface area (Å²) in [7, 11) is 0. The number of likely N-dealkylation sites (tertiary alicyclic amines) is 2. The van der Waals surface area contributed by atoms with Gasteiger partial charge in [0.2, 0.25) is 0 Å². The van der Waals surface area contributed by atoms with Crippen molar-refractivity contribution in [3.05, 3.63) is 65.7 Å². The van der Waals surface area contributed by atoms with Gasteiger partial charge in [-0.25, -0.2) is 4.79 Å². The Bertz CT molecular complexity index is 942. The predicted molar refractivity (Wildman–Crippen MR) is 125 cm³/mol. The molecule has 2 aromatic carbocycles. The lowest BCUT2D eigenvalue weighted by molar-refractivity contribution is 0.0697. The lowest BCUT2D eigenvalue weighted by Gasteiger charge is -2.31. The third-order valence-corrected chi connectivity index (χ3v) is 6.67. The summed E-state index contributed by atoms with van der Waals surface area (Å²) in [4.78, 5) is 41.6. The first kappa shape index (κ1) is 22.1. The van der Waals surface area contributed by atoms with E-state index in [0.717, 1.165) is 31.5 Å². The lowest BCUT2D eigenvalue weighted by Crippen LogP contribution is -2.42. The minimum absolute atomic E-state index is 0.0375. The molecule has 2 heterocycles. The predicted octanol–water partition coefficient (Wildman–Crippen LogP) is 4.69. The Balaban J connectivity index is 1.27. The monoisotopic (exact) mass is 433 g/mol. The van der Waals surface area contributed by atoms with Crippen LogP contribution in [0.2, 0.25) is 0 Å². The van der Waals surface area contributed by atoms with Gasteiger partial charge >= 0.3 is 6.03 Å². The molecule has 0 aliphatic carbocycles. The van der Waals surface area contributed by atoms with E-state index >= 15 is 0 Å². The molecule has 0 radical (unpaired) electrons. The number of rotatable bonds is 4. The van der Waals surface area contributed by atoms with Crippen LogP contribution in [0.5, 0.6) is 0 Å². The van der Waals surface area contributed by atoms with Crippen LogP contribution in [0.1, 0.15) is 53.3 Å². The van der Waals surface area contributed by atoms with Crippen molar-refractivity contribution in [2.24, 2.45) is 11.8 Å². The van der Waals surface area contributed by atoms with Gasteiger partial charge in [0, 0.05) is 48.9 Å². The number of ketones is 1. The van der Waals surface area contributed by atoms with Crippen LogP contribution >= 0.6 is 0 Å². The van der Waals surface area contributed by atoms with E-state index in [1.807, 2.05) is 35.2 Å². The van der Waals surface area contributed by atoms with E-state index in [4.69, 9.17) is 0 Å². The first-order valence-corrected chi connectivity index (χ1v) is 11.6. The Hall–Kier alpha value is -3.15. The molecule has 0 atom stereocenters.